The SMILES string of the molecule is O=C(Cc1ccccc1F)NCc1ccc(N2CCNCC2)c(F)c1. The smallest absolute Gasteiger partial charge is 0.224 e. The molecule has 0 atom stereocenters. The Morgan fingerprint density at radius 3 is 2.56 bits per heavy atom. The highest BCUT2D eigenvalue weighted by atomic mass is 19.1. The van der Waals surface area contributed by atoms with Crippen LogP contribution in [-0.4, -0.2) is 32.1 Å². The van der Waals surface area contributed by atoms with E-state index in [-0.39, 0.29) is 24.7 Å². The van der Waals surface area contributed by atoms with Crippen LogP contribution in [0.15, 0.2) is 42.5 Å². The molecule has 132 valence electrons. The van der Waals surface area contributed by atoms with E-state index in [0.717, 1.165) is 26.2 Å². The number of nitrogens with one attached hydrogen (secondary N) is 2. The normalized spacial score (nSPS) is 14.4. The minimum absolute atomic E-state index is 0.0337. The fourth-order valence-electron chi connectivity index (χ4n) is 2.90. The van der Waals surface area contributed by atoms with E-state index in [0.29, 0.717) is 16.8 Å². The van der Waals surface area contributed by atoms with Gasteiger partial charge in [0.25, 0.3) is 0 Å². The molecule has 0 bridgehead atoms. The molecule has 1 saturated heterocycles. The lowest BCUT2D eigenvalue weighted by Gasteiger charge is -2.29. The summed E-state index contributed by atoms with van der Waals surface area (Å²) < 4.78 is 27.9. The van der Waals surface area contributed by atoms with E-state index in [2.05, 4.69) is 10.6 Å². The topological polar surface area (TPSA) is 44.4 Å². The fraction of sp³-hybridized carbons (Fsp3) is 0.316. The predicted octanol–water partition coefficient (Wildman–Crippen LogP) is 2.23. The number of hydrogen-bond donors (Lipinski definition) is 2. The highest BCUT2D eigenvalue weighted by Crippen LogP contribution is 2.21. The summed E-state index contributed by atoms with van der Waals surface area (Å²) in [7, 11) is 0. The number of piperazine rings is 1. The van der Waals surface area contributed by atoms with Gasteiger partial charge < -0.3 is 15.5 Å². The lowest BCUT2D eigenvalue weighted by atomic mass is 10.1. The van der Waals surface area contributed by atoms with Gasteiger partial charge in [0.1, 0.15) is 11.6 Å². The monoisotopic (exact) mass is 345 g/mol. The molecule has 1 fully saturated rings. The van der Waals surface area contributed by atoms with Crippen molar-refractivity contribution < 1.29 is 13.6 Å². The van der Waals surface area contributed by atoms with Gasteiger partial charge in [0.05, 0.1) is 12.1 Å². The van der Waals surface area contributed by atoms with Crippen molar-refractivity contribution in [1.29, 1.82) is 0 Å². The molecule has 1 aliphatic rings. The van der Waals surface area contributed by atoms with Gasteiger partial charge >= 0.3 is 0 Å². The average Bonchev–Trinajstić information content (AvgIpc) is 2.63. The molecule has 0 spiro atoms. The molecule has 25 heavy (non-hydrogen) atoms. The first kappa shape index (κ1) is 17.4. The number of benzene rings is 2. The minimum atomic E-state index is -0.399. The highest BCUT2D eigenvalue weighted by Gasteiger charge is 2.15. The number of halogens is 2. The van der Waals surface area contributed by atoms with E-state index >= 15 is 0 Å². The Hall–Kier alpha value is -2.47. The van der Waals surface area contributed by atoms with Crippen LogP contribution in [0, 0.1) is 11.6 Å². The second-order valence-corrected chi connectivity index (χ2v) is 6.07. The van der Waals surface area contributed by atoms with Crippen molar-refractivity contribution in [3.05, 3.63) is 65.2 Å². The van der Waals surface area contributed by atoms with Crippen LogP contribution in [0.1, 0.15) is 11.1 Å². The van der Waals surface area contributed by atoms with Crippen LogP contribution >= 0.6 is 0 Å². The van der Waals surface area contributed by atoms with Crippen LogP contribution < -0.4 is 15.5 Å². The zero-order chi connectivity index (χ0) is 17.6. The Morgan fingerprint density at radius 2 is 1.84 bits per heavy atom. The van der Waals surface area contributed by atoms with Crippen molar-refractivity contribution in [3.63, 3.8) is 0 Å². The van der Waals surface area contributed by atoms with E-state index in [9.17, 15) is 13.6 Å². The van der Waals surface area contributed by atoms with Gasteiger partial charge in [0.15, 0.2) is 0 Å². The van der Waals surface area contributed by atoms with Crippen LogP contribution in [-0.2, 0) is 17.8 Å². The van der Waals surface area contributed by atoms with Gasteiger partial charge in [0.2, 0.25) is 5.91 Å². The number of hydrogen-bond acceptors (Lipinski definition) is 3. The molecule has 2 aromatic carbocycles. The van der Waals surface area contributed by atoms with Crippen LogP contribution in [0.25, 0.3) is 0 Å². The van der Waals surface area contributed by atoms with Gasteiger partial charge in [-0.2, -0.15) is 0 Å². The van der Waals surface area contributed by atoms with E-state index in [4.69, 9.17) is 0 Å². The fourth-order valence-corrected chi connectivity index (χ4v) is 2.90. The van der Waals surface area contributed by atoms with Gasteiger partial charge in [-0.1, -0.05) is 24.3 Å². The molecule has 2 aromatic rings. The largest absolute Gasteiger partial charge is 0.367 e. The molecular formula is C19H21F2N3O. The molecule has 1 aliphatic heterocycles. The number of anilines is 1. The molecule has 2 N–H and O–H groups in total. The minimum Gasteiger partial charge on any atom is -0.367 e. The van der Waals surface area contributed by atoms with Gasteiger partial charge in [-0.25, -0.2) is 8.78 Å². The molecule has 4 nitrogen and oxygen atoms in total. The maximum Gasteiger partial charge on any atom is 0.224 e. The summed E-state index contributed by atoms with van der Waals surface area (Å²) in [6.45, 7) is 3.44. The molecule has 0 aliphatic carbocycles. The molecule has 0 aromatic heterocycles. The first-order chi connectivity index (χ1) is 12.1. The van der Waals surface area contributed by atoms with Crippen molar-refractivity contribution in [3.8, 4) is 0 Å². The summed E-state index contributed by atoms with van der Waals surface area (Å²) in [5, 5.41) is 5.94. The predicted molar refractivity (Wildman–Crippen MR) is 93.4 cm³/mol. The first-order valence-corrected chi connectivity index (χ1v) is 8.37. The summed E-state index contributed by atoms with van der Waals surface area (Å²) in [4.78, 5) is 14.0. The zero-order valence-electron chi connectivity index (χ0n) is 13.9. The number of carbonyl (C=O) groups is 1. The van der Waals surface area contributed by atoms with Gasteiger partial charge in [-0.05, 0) is 29.3 Å². The van der Waals surface area contributed by atoms with Crippen LogP contribution in [0.5, 0.6) is 0 Å². The van der Waals surface area contributed by atoms with E-state index < -0.39 is 5.82 Å². The van der Waals surface area contributed by atoms with E-state index in [1.165, 1.54) is 12.1 Å². The summed E-state index contributed by atoms with van der Waals surface area (Å²) in [5.74, 6) is -0.983. The lowest BCUT2D eigenvalue weighted by molar-refractivity contribution is -0.120. The van der Waals surface area contributed by atoms with Crippen molar-refractivity contribution in [2.24, 2.45) is 0 Å². The molecule has 0 radical (unpaired) electrons. The standard InChI is InChI=1S/C19H21F2N3O/c20-16-4-2-1-3-15(16)12-19(25)23-13-14-5-6-18(17(21)11-14)24-9-7-22-8-10-24/h1-6,11,22H,7-10,12-13H2,(H,23,25). The lowest BCUT2D eigenvalue weighted by Crippen LogP contribution is -2.43. The molecule has 3 rings (SSSR count). The van der Waals surface area contributed by atoms with Crippen molar-refractivity contribution in [2.45, 2.75) is 13.0 Å². The van der Waals surface area contributed by atoms with Crippen molar-refractivity contribution in [1.82, 2.24) is 10.6 Å². The third kappa shape index (κ3) is 4.54. The quantitative estimate of drug-likeness (QED) is 0.874. The number of carbonyl (C=O) groups excluding carboxylic acids is 1. The number of amides is 1. The van der Waals surface area contributed by atoms with Crippen LogP contribution in [0.2, 0.25) is 0 Å². The molecule has 6 heteroatoms. The van der Waals surface area contributed by atoms with E-state index in [1.807, 2.05) is 11.0 Å². The Labute approximate surface area is 145 Å². The van der Waals surface area contributed by atoms with Gasteiger partial charge in [-0.3, -0.25) is 4.79 Å². The average molecular weight is 345 g/mol. The number of rotatable bonds is 5. The van der Waals surface area contributed by atoms with Gasteiger partial charge in [0, 0.05) is 32.7 Å². The second-order valence-electron chi connectivity index (χ2n) is 6.07. The maximum atomic E-state index is 14.3. The van der Waals surface area contributed by atoms with Crippen molar-refractivity contribution >= 4 is 11.6 Å². The molecule has 0 unspecified atom stereocenters. The Morgan fingerprint density at radius 1 is 1.08 bits per heavy atom. The van der Waals surface area contributed by atoms with Gasteiger partial charge in [-0.15, -0.1) is 0 Å². The molecule has 1 amide bonds. The molecule has 1 heterocycles. The number of nitrogens with zero attached hydrogens (tertiary/aromatic N) is 1. The zero-order valence-corrected chi connectivity index (χ0v) is 13.9. The summed E-state index contributed by atoms with van der Waals surface area (Å²) in [6, 6.07) is 11.2. The second kappa shape index (κ2) is 8.07. The third-order valence-corrected chi connectivity index (χ3v) is 4.27. The third-order valence-electron chi connectivity index (χ3n) is 4.27. The summed E-state index contributed by atoms with van der Waals surface area (Å²) in [5.41, 5.74) is 1.61. The Balaban J connectivity index is 1.57. The summed E-state index contributed by atoms with van der Waals surface area (Å²) >= 11 is 0. The summed E-state index contributed by atoms with van der Waals surface area (Å²) in [6.07, 6.45) is -0.0337. The Kier molecular flexibility index (Phi) is 5.60. The first-order valence-electron chi connectivity index (χ1n) is 8.37. The molecular weight excluding hydrogens is 324 g/mol. The van der Waals surface area contributed by atoms with Crippen LogP contribution in [0.3, 0.4) is 0 Å². The van der Waals surface area contributed by atoms with Crippen molar-refractivity contribution in [2.75, 3.05) is 31.1 Å². The highest BCUT2D eigenvalue weighted by molar-refractivity contribution is 5.78. The maximum absolute atomic E-state index is 14.3. The Bertz CT molecular complexity index is 745. The van der Waals surface area contributed by atoms with Crippen LogP contribution in [0.4, 0.5) is 14.5 Å². The van der Waals surface area contributed by atoms with E-state index in [1.54, 1.807) is 24.3 Å². The molecule has 0 saturated carbocycles.